The monoisotopic (exact) mass is 659 g/mol. The number of alkyl halides is 5. The van der Waals surface area contributed by atoms with Crippen LogP contribution in [0.2, 0.25) is 0 Å². The van der Waals surface area contributed by atoms with Gasteiger partial charge in [-0.25, -0.2) is 9.48 Å². The fourth-order valence-electron chi connectivity index (χ4n) is 5.60. The lowest BCUT2D eigenvalue weighted by Gasteiger charge is -2.26. The molecule has 0 radical (unpaired) electrons. The molecule has 47 heavy (non-hydrogen) atoms. The summed E-state index contributed by atoms with van der Waals surface area (Å²) in [6.45, 7) is 0. The molecule has 246 valence electrons. The van der Waals surface area contributed by atoms with Gasteiger partial charge in [-0.05, 0) is 61.7 Å². The average molecular weight is 660 g/mol. The lowest BCUT2D eigenvalue weighted by atomic mass is 9.92. The SMILES string of the molecule is COC(=O)c1ccc(OC2CCCc3c(C(F)(F)F)nn(-c4cccc(C(=O)N(C)c5ccc6c(c5)OC(F)(F)O6)c4)c32)cc1OC. The molecule has 2 heterocycles. The van der Waals surface area contributed by atoms with Crippen molar-refractivity contribution in [3.05, 3.63) is 88.7 Å². The minimum atomic E-state index is -4.77. The number of rotatable bonds is 7. The van der Waals surface area contributed by atoms with E-state index < -0.39 is 36.1 Å². The van der Waals surface area contributed by atoms with Gasteiger partial charge in [-0.15, -0.1) is 8.78 Å². The lowest BCUT2D eigenvalue weighted by molar-refractivity contribution is -0.286. The number of hydrogen-bond acceptors (Lipinski definition) is 8. The van der Waals surface area contributed by atoms with E-state index >= 15 is 0 Å². The number of amides is 1. The van der Waals surface area contributed by atoms with Crippen molar-refractivity contribution in [2.24, 2.45) is 0 Å². The van der Waals surface area contributed by atoms with Gasteiger partial charge in [0.05, 0.1) is 25.6 Å². The molecule has 1 atom stereocenters. The zero-order valence-corrected chi connectivity index (χ0v) is 25.1. The smallest absolute Gasteiger partial charge is 0.496 e. The molecule has 0 saturated carbocycles. The minimum absolute atomic E-state index is 0.0297. The summed E-state index contributed by atoms with van der Waals surface area (Å²) in [5.74, 6) is -1.28. The van der Waals surface area contributed by atoms with Crippen LogP contribution in [0.1, 0.15) is 56.6 Å². The van der Waals surface area contributed by atoms with Gasteiger partial charge in [-0.1, -0.05) is 6.07 Å². The Balaban J connectivity index is 1.35. The molecule has 1 aromatic heterocycles. The Morgan fingerprint density at radius 3 is 2.51 bits per heavy atom. The number of carbonyl (C=O) groups excluding carboxylic acids is 2. The maximum atomic E-state index is 14.3. The number of benzene rings is 3. The molecule has 4 aromatic rings. The molecule has 15 heteroatoms. The number of esters is 1. The number of fused-ring (bicyclic) bond motifs is 2. The molecule has 10 nitrogen and oxygen atoms in total. The van der Waals surface area contributed by atoms with Gasteiger partial charge >= 0.3 is 18.4 Å². The molecule has 2 aliphatic rings. The Morgan fingerprint density at radius 1 is 1.02 bits per heavy atom. The van der Waals surface area contributed by atoms with Crippen LogP contribution < -0.4 is 23.8 Å². The first-order valence-electron chi connectivity index (χ1n) is 14.2. The Morgan fingerprint density at radius 2 is 1.79 bits per heavy atom. The Kier molecular flexibility index (Phi) is 7.93. The van der Waals surface area contributed by atoms with Crippen LogP contribution >= 0.6 is 0 Å². The second-order valence-electron chi connectivity index (χ2n) is 10.7. The number of aromatic nitrogens is 2. The molecule has 1 aliphatic heterocycles. The van der Waals surface area contributed by atoms with E-state index in [0.717, 1.165) is 4.68 Å². The lowest BCUT2D eigenvalue weighted by Crippen LogP contribution is -2.26. The normalized spacial score (nSPS) is 16.3. The number of nitrogens with zero attached hydrogens (tertiary/aromatic N) is 3. The fourth-order valence-corrected chi connectivity index (χ4v) is 5.60. The van der Waals surface area contributed by atoms with Crippen LogP contribution in [-0.2, 0) is 17.3 Å². The number of hydrogen-bond donors (Lipinski definition) is 0. The second kappa shape index (κ2) is 11.8. The zero-order valence-electron chi connectivity index (χ0n) is 25.1. The predicted octanol–water partition coefficient (Wildman–Crippen LogP) is 6.74. The van der Waals surface area contributed by atoms with Crippen molar-refractivity contribution < 1.29 is 55.2 Å². The van der Waals surface area contributed by atoms with Crippen molar-refractivity contribution in [1.82, 2.24) is 9.78 Å². The number of ether oxygens (including phenoxy) is 5. The molecule has 0 fully saturated rings. The van der Waals surface area contributed by atoms with E-state index in [1.807, 2.05) is 0 Å². The topological polar surface area (TPSA) is 101 Å². The van der Waals surface area contributed by atoms with Crippen LogP contribution in [0.3, 0.4) is 0 Å². The Labute approximate surface area is 264 Å². The van der Waals surface area contributed by atoms with E-state index in [-0.39, 0.29) is 63.2 Å². The maximum Gasteiger partial charge on any atom is 0.586 e. The van der Waals surface area contributed by atoms with E-state index in [1.165, 1.54) is 86.8 Å². The molecule has 3 aromatic carbocycles. The van der Waals surface area contributed by atoms with Gasteiger partial charge in [0.1, 0.15) is 23.2 Å². The summed E-state index contributed by atoms with van der Waals surface area (Å²) in [5, 5.41) is 3.96. The quantitative estimate of drug-likeness (QED) is 0.159. The third kappa shape index (κ3) is 6.00. The summed E-state index contributed by atoms with van der Waals surface area (Å²) in [4.78, 5) is 26.8. The van der Waals surface area contributed by atoms with Gasteiger partial charge in [0, 0.05) is 36.0 Å². The third-order valence-corrected chi connectivity index (χ3v) is 7.76. The molecule has 6 rings (SSSR count). The van der Waals surface area contributed by atoms with E-state index in [9.17, 15) is 31.5 Å². The van der Waals surface area contributed by atoms with Crippen LogP contribution in [0.4, 0.5) is 27.6 Å². The summed E-state index contributed by atoms with van der Waals surface area (Å²) < 4.78 is 96.0. The van der Waals surface area contributed by atoms with Crippen LogP contribution in [0, 0.1) is 0 Å². The summed E-state index contributed by atoms with van der Waals surface area (Å²) in [7, 11) is 3.98. The summed E-state index contributed by atoms with van der Waals surface area (Å²) in [6.07, 6.45) is -8.66. The highest BCUT2D eigenvalue weighted by Crippen LogP contribution is 2.44. The fraction of sp³-hybridized carbons (Fsp3) is 0.281. The molecular weight excluding hydrogens is 633 g/mol. The first-order valence-corrected chi connectivity index (χ1v) is 14.2. The molecule has 1 aliphatic carbocycles. The highest BCUT2D eigenvalue weighted by atomic mass is 19.4. The van der Waals surface area contributed by atoms with Crippen molar-refractivity contribution in [2.75, 3.05) is 26.2 Å². The zero-order chi connectivity index (χ0) is 33.7. The molecule has 1 unspecified atom stereocenters. The van der Waals surface area contributed by atoms with Gasteiger partial charge in [-0.2, -0.15) is 18.3 Å². The molecule has 0 N–H and O–H groups in total. The highest BCUT2D eigenvalue weighted by Gasteiger charge is 2.44. The standard InChI is InChI=1S/C32H26F5N3O7/c1-39(18-10-13-23-26(15-18)47-32(36,37)46-23)29(41)17-6-4-7-19(14-17)40-27-22(28(38-40)31(33,34)35)8-5-9-24(27)45-20-11-12-21(30(42)44-3)25(16-20)43-2/h4,6-7,10-16,24H,5,8-9H2,1-3H3. The number of methoxy groups -OCH3 is 2. The Bertz CT molecular complexity index is 1870. The molecule has 0 bridgehead atoms. The minimum Gasteiger partial charge on any atom is -0.496 e. The van der Waals surface area contributed by atoms with E-state index in [2.05, 4.69) is 14.6 Å². The predicted molar refractivity (Wildman–Crippen MR) is 155 cm³/mol. The average Bonchev–Trinajstić information content (AvgIpc) is 3.60. The van der Waals surface area contributed by atoms with Gasteiger partial charge < -0.3 is 28.6 Å². The van der Waals surface area contributed by atoms with Crippen molar-refractivity contribution in [1.29, 1.82) is 0 Å². The Hall–Kier alpha value is -5.34. The molecule has 0 spiro atoms. The largest absolute Gasteiger partial charge is 0.586 e. The number of carbonyl (C=O) groups is 2. The van der Waals surface area contributed by atoms with E-state index in [4.69, 9.17) is 14.2 Å². The van der Waals surface area contributed by atoms with Crippen molar-refractivity contribution >= 4 is 17.6 Å². The molecular formula is C32H26F5N3O7. The van der Waals surface area contributed by atoms with Crippen molar-refractivity contribution in [2.45, 2.75) is 37.8 Å². The van der Waals surface area contributed by atoms with E-state index in [1.54, 1.807) is 0 Å². The second-order valence-corrected chi connectivity index (χ2v) is 10.7. The first-order chi connectivity index (χ1) is 22.3. The van der Waals surface area contributed by atoms with Crippen LogP contribution in [0.25, 0.3) is 5.69 Å². The maximum absolute atomic E-state index is 14.3. The summed E-state index contributed by atoms with van der Waals surface area (Å²) in [5.41, 5.74) is -0.338. The van der Waals surface area contributed by atoms with Crippen LogP contribution in [-0.4, -0.2) is 49.2 Å². The van der Waals surface area contributed by atoms with Gasteiger partial charge in [0.25, 0.3) is 5.91 Å². The van der Waals surface area contributed by atoms with Crippen LogP contribution in [0.15, 0.2) is 60.7 Å². The summed E-state index contributed by atoms with van der Waals surface area (Å²) in [6, 6.07) is 14.0. The first kappa shape index (κ1) is 31.6. The number of halogens is 5. The van der Waals surface area contributed by atoms with Gasteiger partial charge in [0.15, 0.2) is 17.2 Å². The summed E-state index contributed by atoms with van der Waals surface area (Å²) >= 11 is 0. The van der Waals surface area contributed by atoms with Crippen LogP contribution in [0.5, 0.6) is 23.0 Å². The van der Waals surface area contributed by atoms with Gasteiger partial charge in [-0.3, -0.25) is 4.79 Å². The van der Waals surface area contributed by atoms with E-state index in [0.29, 0.717) is 12.8 Å². The molecule has 0 saturated heterocycles. The number of anilines is 1. The third-order valence-electron chi connectivity index (χ3n) is 7.76. The van der Waals surface area contributed by atoms with Crippen molar-refractivity contribution in [3.8, 4) is 28.7 Å². The van der Waals surface area contributed by atoms with Gasteiger partial charge in [0.2, 0.25) is 0 Å². The highest BCUT2D eigenvalue weighted by molar-refractivity contribution is 6.06. The van der Waals surface area contributed by atoms with Crippen molar-refractivity contribution in [3.63, 3.8) is 0 Å². The molecule has 1 amide bonds.